The van der Waals surface area contributed by atoms with Crippen LogP contribution in [0.5, 0.6) is 0 Å². The minimum Gasteiger partial charge on any atom is -0.382 e. The summed E-state index contributed by atoms with van der Waals surface area (Å²) in [7, 11) is 0. The van der Waals surface area contributed by atoms with Crippen LogP contribution in [0, 0.1) is 0 Å². The van der Waals surface area contributed by atoms with E-state index in [1.165, 1.54) is 23.4 Å². The second-order valence-corrected chi connectivity index (χ2v) is 5.08. The average Bonchev–Trinajstić information content (AvgIpc) is 2.73. The van der Waals surface area contributed by atoms with Gasteiger partial charge < -0.3 is 10.1 Å². The molecular weight excluding hydrogens is 218 g/mol. The second-order valence-electron chi connectivity index (χ2n) is 4.23. The molecule has 1 N–H and O–H groups in total. The first-order valence-corrected chi connectivity index (χ1v) is 7.04. The first kappa shape index (κ1) is 11.8. The van der Waals surface area contributed by atoms with E-state index >= 15 is 0 Å². The van der Waals surface area contributed by atoms with Crippen molar-refractivity contribution in [3.63, 3.8) is 0 Å². The number of hydrogen-bond donors (Lipinski definition) is 1. The predicted octanol–water partition coefficient (Wildman–Crippen LogP) is 3.39. The Kier molecular flexibility index (Phi) is 4.13. The molecule has 88 valence electrons. The molecule has 3 heteroatoms. The molecule has 2 rings (SSSR count). The topological polar surface area (TPSA) is 21.3 Å². The number of para-hydroxylation sites is 1. The molecule has 0 saturated carbocycles. The highest BCUT2D eigenvalue weighted by Gasteiger charge is 2.21. The van der Waals surface area contributed by atoms with Gasteiger partial charge in [-0.05, 0) is 38.2 Å². The third-order valence-electron chi connectivity index (χ3n) is 2.95. The lowest BCUT2D eigenvalue weighted by atomic mass is 10.2. The van der Waals surface area contributed by atoms with Crippen LogP contribution >= 0.6 is 11.8 Å². The molecule has 1 aromatic carbocycles. The third-order valence-corrected chi connectivity index (χ3v) is 3.74. The molecule has 1 aliphatic heterocycles. The minimum atomic E-state index is 0.380. The molecule has 1 fully saturated rings. The quantitative estimate of drug-likeness (QED) is 0.811. The minimum absolute atomic E-state index is 0.380. The number of thioether (sulfide) groups is 1. The van der Waals surface area contributed by atoms with Gasteiger partial charge in [-0.2, -0.15) is 0 Å². The Balaban J connectivity index is 1.89. The number of anilines is 1. The third kappa shape index (κ3) is 2.92. The van der Waals surface area contributed by atoms with Gasteiger partial charge in [0.2, 0.25) is 0 Å². The normalized spacial score (nSPS) is 24.6. The van der Waals surface area contributed by atoms with E-state index in [0.717, 1.165) is 6.54 Å². The van der Waals surface area contributed by atoms with Crippen LogP contribution in [0.3, 0.4) is 0 Å². The van der Waals surface area contributed by atoms with Crippen LogP contribution in [-0.4, -0.2) is 25.0 Å². The van der Waals surface area contributed by atoms with Crippen LogP contribution in [0.2, 0.25) is 0 Å². The fraction of sp³-hybridized carbons (Fsp3) is 0.538. The maximum Gasteiger partial charge on any atom is 0.0751 e. The zero-order chi connectivity index (χ0) is 11.4. The molecule has 16 heavy (non-hydrogen) atoms. The standard InChI is InChI=1S/C13H19NOS/c1-10-7-8-11(15-10)9-14-12-5-3-4-6-13(12)16-2/h3-6,10-11,14H,7-9H2,1-2H3. The smallest absolute Gasteiger partial charge is 0.0751 e. The monoisotopic (exact) mass is 237 g/mol. The van der Waals surface area contributed by atoms with E-state index in [4.69, 9.17) is 4.74 Å². The highest BCUT2D eigenvalue weighted by atomic mass is 32.2. The summed E-state index contributed by atoms with van der Waals surface area (Å²) in [5.74, 6) is 0. The van der Waals surface area contributed by atoms with Crippen molar-refractivity contribution in [2.45, 2.75) is 36.9 Å². The number of benzene rings is 1. The average molecular weight is 237 g/mol. The second kappa shape index (κ2) is 5.60. The van der Waals surface area contributed by atoms with Gasteiger partial charge in [0.1, 0.15) is 0 Å². The summed E-state index contributed by atoms with van der Waals surface area (Å²) in [6, 6.07) is 8.42. The van der Waals surface area contributed by atoms with Crippen LogP contribution in [-0.2, 0) is 4.74 Å². The molecular formula is C13H19NOS. The van der Waals surface area contributed by atoms with Gasteiger partial charge in [-0.25, -0.2) is 0 Å². The number of ether oxygens (including phenoxy) is 1. The van der Waals surface area contributed by atoms with E-state index in [2.05, 4.69) is 42.8 Å². The van der Waals surface area contributed by atoms with E-state index in [0.29, 0.717) is 12.2 Å². The molecule has 1 heterocycles. The van der Waals surface area contributed by atoms with E-state index in [9.17, 15) is 0 Å². The molecule has 1 aromatic rings. The highest BCUT2D eigenvalue weighted by Crippen LogP contribution is 2.25. The predicted molar refractivity (Wildman–Crippen MR) is 70.3 cm³/mol. The van der Waals surface area contributed by atoms with Crippen LogP contribution in [0.1, 0.15) is 19.8 Å². The van der Waals surface area contributed by atoms with Gasteiger partial charge in [-0.1, -0.05) is 12.1 Å². The SMILES string of the molecule is CSc1ccccc1NCC1CCC(C)O1. The van der Waals surface area contributed by atoms with Crippen molar-refractivity contribution in [1.82, 2.24) is 0 Å². The summed E-state index contributed by atoms with van der Waals surface area (Å²) in [6.07, 6.45) is 5.29. The molecule has 1 aliphatic rings. The Hall–Kier alpha value is -0.670. The van der Waals surface area contributed by atoms with Crippen molar-refractivity contribution in [3.8, 4) is 0 Å². The van der Waals surface area contributed by atoms with Gasteiger partial charge >= 0.3 is 0 Å². The van der Waals surface area contributed by atoms with Crippen LogP contribution in [0.25, 0.3) is 0 Å². The Morgan fingerprint density at radius 3 is 2.88 bits per heavy atom. The molecule has 2 atom stereocenters. The molecule has 0 bridgehead atoms. The Labute approximate surface area is 102 Å². The molecule has 0 radical (unpaired) electrons. The van der Waals surface area contributed by atoms with Crippen molar-refractivity contribution in [2.24, 2.45) is 0 Å². The Bertz CT molecular complexity index is 342. The molecule has 2 unspecified atom stereocenters. The zero-order valence-electron chi connectivity index (χ0n) is 9.90. The lowest BCUT2D eigenvalue weighted by Crippen LogP contribution is -2.19. The maximum atomic E-state index is 5.79. The van der Waals surface area contributed by atoms with Gasteiger partial charge in [0.25, 0.3) is 0 Å². The van der Waals surface area contributed by atoms with Crippen molar-refractivity contribution >= 4 is 17.4 Å². The fourth-order valence-electron chi connectivity index (χ4n) is 2.05. The summed E-state index contributed by atoms with van der Waals surface area (Å²) in [5, 5.41) is 3.48. The van der Waals surface area contributed by atoms with Crippen LogP contribution in [0.4, 0.5) is 5.69 Å². The van der Waals surface area contributed by atoms with Gasteiger partial charge in [-0.3, -0.25) is 0 Å². The van der Waals surface area contributed by atoms with Gasteiger partial charge in [0.15, 0.2) is 0 Å². The number of hydrogen-bond acceptors (Lipinski definition) is 3. The van der Waals surface area contributed by atoms with Gasteiger partial charge in [0.05, 0.1) is 12.2 Å². The largest absolute Gasteiger partial charge is 0.382 e. The Morgan fingerprint density at radius 1 is 1.38 bits per heavy atom. The van der Waals surface area contributed by atoms with Gasteiger partial charge in [-0.15, -0.1) is 11.8 Å². The molecule has 2 nitrogen and oxygen atoms in total. The Morgan fingerprint density at radius 2 is 2.19 bits per heavy atom. The fourth-order valence-corrected chi connectivity index (χ4v) is 2.62. The van der Waals surface area contributed by atoms with E-state index < -0.39 is 0 Å². The zero-order valence-corrected chi connectivity index (χ0v) is 10.7. The van der Waals surface area contributed by atoms with E-state index in [1.807, 2.05) is 0 Å². The molecule has 0 aromatic heterocycles. The molecule has 0 amide bonds. The van der Waals surface area contributed by atoms with Crippen molar-refractivity contribution in [3.05, 3.63) is 24.3 Å². The van der Waals surface area contributed by atoms with Gasteiger partial charge in [0, 0.05) is 17.1 Å². The van der Waals surface area contributed by atoms with Crippen LogP contribution in [0.15, 0.2) is 29.2 Å². The van der Waals surface area contributed by atoms with E-state index in [1.54, 1.807) is 11.8 Å². The van der Waals surface area contributed by atoms with Crippen molar-refractivity contribution in [1.29, 1.82) is 0 Å². The summed E-state index contributed by atoms with van der Waals surface area (Å²) in [6.45, 7) is 3.07. The summed E-state index contributed by atoms with van der Waals surface area (Å²) in [5.41, 5.74) is 1.22. The summed E-state index contributed by atoms with van der Waals surface area (Å²) >= 11 is 1.78. The lowest BCUT2D eigenvalue weighted by molar-refractivity contribution is 0.0636. The first-order chi connectivity index (χ1) is 7.79. The van der Waals surface area contributed by atoms with Crippen LogP contribution < -0.4 is 5.32 Å². The number of nitrogens with one attached hydrogen (secondary N) is 1. The lowest BCUT2D eigenvalue weighted by Gasteiger charge is -2.15. The molecule has 0 spiro atoms. The van der Waals surface area contributed by atoms with E-state index in [-0.39, 0.29) is 0 Å². The maximum absolute atomic E-state index is 5.79. The summed E-state index contributed by atoms with van der Waals surface area (Å²) in [4.78, 5) is 1.30. The van der Waals surface area contributed by atoms with Crippen molar-refractivity contribution in [2.75, 3.05) is 18.1 Å². The number of rotatable bonds is 4. The van der Waals surface area contributed by atoms with Crippen molar-refractivity contribution < 1.29 is 4.74 Å². The highest BCUT2D eigenvalue weighted by molar-refractivity contribution is 7.98. The molecule has 1 saturated heterocycles. The first-order valence-electron chi connectivity index (χ1n) is 5.82. The summed E-state index contributed by atoms with van der Waals surface area (Å²) < 4.78 is 5.79. The molecule has 0 aliphatic carbocycles.